The number of rotatable bonds is 8. The monoisotopic (exact) mass is 257 g/mol. The summed E-state index contributed by atoms with van der Waals surface area (Å²) in [6.07, 6.45) is 5.14. The molecule has 0 bridgehead atoms. The van der Waals surface area contributed by atoms with Crippen molar-refractivity contribution in [2.75, 3.05) is 20.3 Å². The molecule has 1 fully saturated rings. The molecule has 0 radical (unpaired) electrons. The summed E-state index contributed by atoms with van der Waals surface area (Å²) in [5.41, 5.74) is -0.747. The van der Waals surface area contributed by atoms with Crippen LogP contribution in [0.5, 0.6) is 0 Å². The molecule has 4 nitrogen and oxygen atoms in total. The number of carbonyl (C=O) groups excluding carboxylic acids is 1. The van der Waals surface area contributed by atoms with Crippen molar-refractivity contribution < 1.29 is 14.3 Å². The van der Waals surface area contributed by atoms with Crippen LogP contribution in [-0.2, 0) is 14.3 Å². The van der Waals surface area contributed by atoms with Crippen LogP contribution in [0.4, 0.5) is 0 Å². The number of methoxy groups -OCH3 is 1. The van der Waals surface area contributed by atoms with E-state index in [1.165, 1.54) is 26.4 Å². The van der Waals surface area contributed by atoms with Gasteiger partial charge in [-0.25, -0.2) is 4.79 Å². The molecular weight excluding hydrogens is 230 g/mol. The number of hydrogen-bond donors (Lipinski definition) is 1. The van der Waals surface area contributed by atoms with Crippen LogP contribution in [-0.4, -0.2) is 37.9 Å². The van der Waals surface area contributed by atoms with Gasteiger partial charge in [-0.3, -0.25) is 5.32 Å². The highest BCUT2D eigenvalue weighted by atomic mass is 16.5. The second-order valence-electron chi connectivity index (χ2n) is 5.76. The zero-order chi connectivity index (χ0) is 13.6. The third kappa shape index (κ3) is 4.58. The predicted molar refractivity (Wildman–Crippen MR) is 71.5 cm³/mol. The fraction of sp³-hybridized carbons (Fsp3) is 0.929. The Balaban J connectivity index is 2.32. The van der Waals surface area contributed by atoms with Gasteiger partial charge in [0.05, 0.1) is 13.7 Å². The largest absolute Gasteiger partial charge is 0.468 e. The third-order valence-electron chi connectivity index (χ3n) is 3.53. The molecule has 0 aromatic rings. The van der Waals surface area contributed by atoms with Gasteiger partial charge in [0.1, 0.15) is 5.54 Å². The van der Waals surface area contributed by atoms with E-state index in [1.54, 1.807) is 0 Å². The number of hydrogen-bond acceptors (Lipinski definition) is 4. The van der Waals surface area contributed by atoms with Gasteiger partial charge in [0.2, 0.25) is 0 Å². The summed E-state index contributed by atoms with van der Waals surface area (Å²) in [5, 5.41) is 3.22. The molecule has 0 aliphatic heterocycles. The van der Waals surface area contributed by atoms with E-state index in [-0.39, 0.29) is 12.0 Å². The Bertz CT molecular complexity index is 264. The molecule has 1 aliphatic carbocycles. The van der Waals surface area contributed by atoms with E-state index in [9.17, 15) is 4.79 Å². The Hall–Kier alpha value is -0.610. The lowest BCUT2D eigenvalue weighted by molar-refractivity contribution is -0.151. The van der Waals surface area contributed by atoms with E-state index < -0.39 is 5.54 Å². The van der Waals surface area contributed by atoms with Crippen LogP contribution < -0.4 is 5.32 Å². The van der Waals surface area contributed by atoms with Crippen molar-refractivity contribution >= 4 is 5.97 Å². The average molecular weight is 257 g/mol. The van der Waals surface area contributed by atoms with Crippen molar-refractivity contribution in [2.24, 2.45) is 5.92 Å². The molecule has 18 heavy (non-hydrogen) atoms. The second-order valence-corrected chi connectivity index (χ2v) is 5.76. The van der Waals surface area contributed by atoms with Gasteiger partial charge in [-0.05, 0) is 33.1 Å². The van der Waals surface area contributed by atoms with Crippen molar-refractivity contribution in [3.8, 4) is 0 Å². The van der Waals surface area contributed by atoms with E-state index in [1.807, 2.05) is 20.8 Å². The van der Waals surface area contributed by atoms with E-state index in [2.05, 4.69) is 5.32 Å². The normalized spacial score (nSPS) is 19.4. The van der Waals surface area contributed by atoms with Crippen LogP contribution in [0, 0.1) is 5.92 Å². The van der Waals surface area contributed by atoms with Gasteiger partial charge in [0.25, 0.3) is 0 Å². The smallest absolute Gasteiger partial charge is 0.328 e. The first-order valence-corrected chi connectivity index (χ1v) is 6.92. The van der Waals surface area contributed by atoms with Gasteiger partial charge in [-0.1, -0.05) is 19.3 Å². The van der Waals surface area contributed by atoms with Crippen molar-refractivity contribution in [2.45, 2.75) is 58.0 Å². The van der Waals surface area contributed by atoms with Gasteiger partial charge < -0.3 is 9.47 Å². The molecule has 0 heterocycles. The predicted octanol–water partition coefficient (Wildman–Crippen LogP) is 2.12. The Morgan fingerprint density at radius 3 is 2.56 bits per heavy atom. The van der Waals surface area contributed by atoms with E-state index in [4.69, 9.17) is 9.47 Å². The van der Waals surface area contributed by atoms with E-state index in [0.29, 0.717) is 6.61 Å². The molecule has 1 unspecified atom stereocenters. The fourth-order valence-corrected chi connectivity index (χ4v) is 2.33. The summed E-state index contributed by atoms with van der Waals surface area (Å²) >= 11 is 0. The molecular formula is C14H27NO3. The van der Waals surface area contributed by atoms with Crippen molar-refractivity contribution in [3.63, 3.8) is 0 Å². The molecule has 4 heteroatoms. The average Bonchev–Trinajstić information content (AvgIpc) is 2.24. The van der Waals surface area contributed by atoms with E-state index >= 15 is 0 Å². The van der Waals surface area contributed by atoms with E-state index in [0.717, 1.165) is 18.9 Å². The molecule has 0 saturated heterocycles. The maximum absolute atomic E-state index is 11.8. The molecule has 0 amide bonds. The number of nitrogens with one attached hydrogen (secondary N) is 1. The lowest BCUT2D eigenvalue weighted by Crippen LogP contribution is -2.56. The topological polar surface area (TPSA) is 47.6 Å². The van der Waals surface area contributed by atoms with Crippen LogP contribution in [0.3, 0.4) is 0 Å². The van der Waals surface area contributed by atoms with Gasteiger partial charge in [0.15, 0.2) is 0 Å². The molecule has 1 N–H and O–H groups in total. The Labute approximate surface area is 110 Å². The quantitative estimate of drug-likeness (QED) is 0.534. The zero-order valence-electron chi connectivity index (χ0n) is 12.1. The summed E-state index contributed by atoms with van der Waals surface area (Å²) in [7, 11) is 1.41. The van der Waals surface area contributed by atoms with Crippen LogP contribution in [0.2, 0.25) is 0 Å². The Kier molecular flexibility index (Phi) is 6.09. The fourth-order valence-electron chi connectivity index (χ4n) is 2.33. The molecule has 1 atom stereocenters. The van der Waals surface area contributed by atoms with Crippen molar-refractivity contribution in [1.29, 1.82) is 0 Å². The molecule has 0 aromatic carbocycles. The first kappa shape index (κ1) is 15.4. The van der Waals surface area contributed by atoms with Crippen molar-refractivity contribution in [1.82, 2.24) is 5.32 Å². The first-order chi connectivity index (χ1) is 8.48. The minimum atomic E-state index is -0.747. The van der Waals surface area contributed by atoms with Crippen LogP contribution in [0.1, 0.15) is 46.5 Å². The number of esters is 1. The molecule has 106 valence electrons. The highest BCUT2D eigenvalue weighted by Gasteiger charge is 2.35. The maximum atomic E-state index is 11.8. The van der Waals surface area contributed by atoms with Crippen molar-refractivity contribution in [3.05, 3.63) is 0 Å². The number of carbonyl (C=O) groups is 1. The number of ether oxygens (including phenoxy) is 2. The van der Waals surface area contributed by atoms with Gasteiger partial charge in [-0.15, -0.1) is 0 Å². The summed E-state index contributed by atoms with van der Waals surface area (Å²) < 4.78 is 10.5. The minimum absolute atomic E-state index is 0.212. The summed E-state index contributed by atoms with van der Waals surface area (Å²) in [6.45, 7) is 6.95. The molecule has 1 aliphatic rings. The highest BCUT2D eigenvalue weighted by molar-refractivity contribution is 5.80. The minimum Gasteiger partial charge on any atom is -0.468 e. The lowest BCUT2D eigenvalue weighted by atomic mass is 9.83. The second kappa shape index (κ2) is 7.10. The molecule has 1 saturated carbocycles. The highest BCUT2D eigenvalue weighted by Crippen LogP contribution is 2.29. The van der Waals surface area contributed by atoms with Gasteiger partial charge >= 0.3 is 5.97 Å². The van der Waals surface area contributed by atoms with Crippen LogP contribution in [0.25, 0.3) is 0 Å². The lowest BCUT2D eigenvalue weighted by Gasteiger charge is -2.30. The molecule has 0 aromatic heterocycles. The standard InChI is InChI=1S/C14H27NO3/c1-11(2)15-14(3,13(16)17-4)10-18-9-8-12-6-5-7-12/h11-12,15H,5-10H2,1-4H3. The SMILES string of the molecule is COC(=O)C(C)(COCCC1CCC1)NC(C)C. The molecule has 1 rings (SSSR count). The van der Waals surface area contributed by atoms with Crippen LogP contribution in [0.15, 0.2) is 0 Å². The van der Waals surface area contributed by atoms with Crippen LogP contribution >= 0.6 is 0 Å². The summed E-state index contributed by atoms with van der Waals surface area (Å²) in [4.78, 5) is 11.8. The zero-order valence-corrected chi connectivity index (χ0v) is 12.1. The van der Waals surface area contributed by atoms with Gasteiger partial charge in [-0.2, -0.15) is 0 Å². The Morgan fingerprint density at radius 1 is 1.44 bits per heavy atom. The summed E-state index contributed by atoms with van der Waals surface area (Å²) in [6, 6.07) is 0.212. The summed E-state index contributed by atoms with van der Waals surface area (Å²) in [5.74, 6) is 0.576. The maximum Gasteiger partial charge on any atom is 0.328 e. The van der Waals surface area contributed by atoms with Gasteiger partial charge in [0, 0.05) is 12.6 Å². The molecule has 0 spiro atoms. The Morgan fingerprint density at radius 2 is 2.11 bits per heavy atom. The third-order valence-corrected chi connectivity index (χ3v) is 3.53. The first-order valence-electron chi connectivity index (χ1n) is 6.92.